The van der Waals surface area contributed by atoms with Crippen LogP contribution in [0.2, 0.25) is 0 Å². The second kappa shape index (κ2) is 8.73. The van der Waals surface area contributed by atoms with E-state index in [2.05, 4.69) is 41.4 Å². The van der Waals surface area contributed by atoms with Crippen LogP contribution in [0.5, 0.6) is 5.75 Å². The molecule has 2 N–H and O–H groups in total. The average Bonchev–Trinajstić information content (AvgIpc) is 2.70. The second-order valence-electron chi connectivity index (χ2n) is 7.65. The van der Waals surface area contributed by atoms with E-state index in [0.29, 0.717) is 12.4 Å². The minimum Gasteiger partial charge on any atom is -0.494 e. The molecule has 0 saturated heterocycles. The molecule has 1 heterocycles. The monoisotopic (exact) mass is 390 g/mol. The zero-order valence-corrected chi connectivity index (χ0v) is 17.2. The minimum absolute atomic E-state index is 0.0696. The molecule has 0 bridgehead atoms. The molecule has 0 unspecified atom stereocenters. The first-order valence-corrected chi connectivity index (χ1v) is 9.59. The topological polar surface area (TPSA) is 76.1 Å². The number of ether oxygens (including phenoxy) is 1. The van der Waals surface area contributed by atoms with E-state index in [0.717, 1.165) is 17.1 Å². The Kier molecular flexibility index (Phi) is 6.12. The van der Waals surface area contributed by atoms with Crippen LogP contribution in [0.4, 0.5) is 17.2 Å². The Morgan fingerprint density at radius 1 is 0.931 bits per heavy atom. The summed E-state index contributed by atoms with van der Waals surface area (Å²) in [5.74, 6) is 1.07. The molecule has 0 radical (unpaired) electrons. The molecule has 1 aromatic heterocycles. The van der Waals surface area contributed by atoms with Gasteiger partial charge in [0.2, 0.25) is 0 Å². The quantitative estimate of drug-likeness (QED) is 0.607. The van der Waals surface area contributed by atoms with Crippen molar-refractivity contribution in [3.05, 3.63) is 72.2 Å². The lowest BCUT2D eigenvalue weighted by Crippen LogP contribution is -2.15. The van der Waals surface area contributed by atoms with Crippen molar-refractivity contribution in [2.75, 3.05) is 17.2 Å². The van der Waals surface area contributed by atoms with Gasteiger partial charge in [-0.25, -0.2) is 9.97 Å². The van der Waals surface area contributed by atoms with E-state index in [1.165, 1.54) is 18.0 Å². The number of hydrogen-bond donors (Lipinski definition) is 2. The largest absolute Gasteiger partial charge is 0.494 e. The summed E-state index contributed by atoms with van der Waals surface area (Å²) >= 11 is 0. The molecule has 6 heteroatoms. The second-order valence-corrected chi connectivity index (χ2v) is 7.65. The third kappa shape index (κ3) is 5.54. The van der Waals surface area contributed by atoms with Crippen molar-refractivity contribution in [2.45, 2.75) is 33.1 Å². The van der Waals surface area contributed by atoms with E-state index < -0.39 is 0 Å². The average molecular weight is 390 g/mol. The predicted octanol–water partition coefficient (Wildman–Crippen LogP) is 5.17. The molecule has 0 aliphatic rings. The van der Waals surface area contributed by atoms with Crippen molar-refractivity contribution < 1.29 is 9.53 Å². The number of carbonyl (C=O) groups is 1. The molecular formula is C23H26N4O2. The Hall–Kier alpha value is -3.41. The van der Waals surface area contributed by atoms with E-state index in [9.17, 15) is 4.79 Å². The zero-order valence-electron chi connectivity index (χ0n) is 17.2. The van der Waals surface area contributed by atoms with Gasteiger partial charge in [-0.2, -0.15) is 0 Å². The van der Waals surface area contributed by atoms with Crippen LogP contribution in [-0.2, 0) is 5.41 Å². The maximum Gasteiger partial charge on any atom is 0.275 e. The van der Waals surface area contributed by atoms with Crippen molar-refractivity contribution in [3.8, 4) is 5.75 Å². The number of hydrogen-bond acceptors (Lipinski definition) is 5. The smallest absolute Gasteiger partial charge is 0.275 e. The molecule has 3 aromatic rings. The van der Waals surface area contributed by atoms with Crippen molar-refractivity contribution in [1.29, 1.82) is 0 Å². The first kappa shape index (κ1) is 20.3. The van der Waals surface area contributed by atoms with Crippen molar-refractivity contribution in [2.24, 2.45) is 0 Å². The highest BCUT2D eigenvalue weighted by Crippen LogP contribution is 2.23. The molecule has 0 aliphatic heterocycles. The highest BCUT2D eigenvalue weighted by molar-refractivity contribution is 6.02. The lowest BCUT2D eigenvalue weighted by Gasteiger charge is -2.19. The van der Waals surface area contributed by atoms with Gasteiger partial charge in [-0.3, -0.25) is 4.79 Å². The van der Waals surface area contributed by atoms with Crippen LogP contribution in [0.15, 0.2) is 60.9 Å². The van der Waals surface area contributed by atoms with Gasteiger partial charge in [0.1, 0.15) is 17.3 Å². The normalized spacial score (nSPS) is 11.0. The fraction of sp³-hybridized carbons (Fsp3) is 0.261. The molecule has 150 valence electrons. The highest BCUT2D eigenvalue weighted by atomic mass is 16.5. The van der Waals surface area contributed by atoms with Crippen LogP contribution < -0.4 is 15.4 Å². The van der Waals surface area contributed by atoms with Crippen molar-refractivity contribution >= 4 is 23.1 Å². The fourth-order valence-corrected chi connectivity index (χ4v) is 2.71. The van der Waals surface area contributed by atoms with Crippen LogP contribution in [-0.4, -0.2) is 22.5 Å². The molecule has 29 heavy (non-hydrogen) atoms. The summed E-state index contributed by atoms with van der Waals surface area (Å²) < 4.78 is 5.42. The number of aromatic nitrogens is 2. The van der Waals surface area contributed by atoms with Crippen molar-refractivity contribution in [1.82, 2.24) is 9.97 Å². The van der Waals surface area contributed by atoms with E-state index in [1.54, 1.807) is 0 Å². The third-order valence-corrected chi connectivity index (χ3v) is 4.33. The molecule has 0 aliphatic carbocycles. The molecule has 1 amide bonds. The summed E-state index contributed by atoms with van der Waals surface area (Å²) in [4.78, 5) is 20.9. The van der Waals surface area contributed by atoms with Gasteiger partial charge < -0.3 is 15.4 Å². The van der Waals surface area contributed by atoms with Gasteiger partial charge in [0.15, 0.2) is 0 Å². The molecule has 2 aromatic carbocycles. The molecule has 3 rings (SSSR count). The van der Waals surface area contributed by atoms with Gasteiger partial charge in [-0.05, 0) is 54.3 Å². The summed E-state index contributed by atoms with van der Waals surface area (Å²) in [6, 6.07) is 15.4. The number of anilines is 3. The lowest BCUT2D eigenvalue weighted by atomic mass is 9.87. The summed E-state index contributed by atoms with van der Waals surface area (Å²) in [5, 5.41) is 6.00. The maximum atomic E-state index is 12.4. The van der Waals surface area contributed by atoms with E-state index in [4.69, 9.17) is 4.74 Å². The number of nitrogens with zero attached hydrogens (tertiary/aromatic N) is 2. The molecular weight excluding hydrogens is 364 g/mol. The Bertz CT molecular complexity index is 944. The van der Waals surface area contributed by atoms with Gasteiger partial charge >= 0.3 is 0 Å². The molecule has 0 fully saturated rings. The predicted molar refractivity (Wildman–Crippen MR) is 116 cm³/mol. The van der Waals surface area contributed by atoms with Crippen molar-refractivity contribution in [3.63, 3.8) is 0 Å². The first-order chi connectivity index (χ1) is 13.8. The Morgan fingerprint density at radius 2 is 1.59 bits per heavy atom. The van der Waals surface area contributed by atoms with E-state index in [1.807, 2.05) is 55.5 Å². The fourth-order valence-electron chi connectivity index (χ4n) is 2.71. The maximum absolute atomic E-state index is 12.4. The minimum atomic E-state index is -0.298. The van der Waals surface area contributed by atoms with Gasteiger partial charge in [0, 0.05) is 11.4 Å². The van der Waals surface area contributed by atoms with E-state index in [-0.39, 0.29) is 17.0 Å². The van der Waals surface area contributed by atoms with Crippen LogP contribution >= 0.6 is 0 Å². The molecule has 0 atom stereocenters. The van der Waals surface area contributed by atoms with Gasteiger partial charge in [-0.15, -0.1) is 0 Å². The van der Waals surface area contributed by atoms with Crippen LogP contribution in [0.25, 0.3) is 0 Å². The number of amides is 1. The number of rotatable bonds is 6. The standard InChI is InChI=1S/C23H26N4O2/c1-5-29-19-12-10-17(11-13-19)26-21-15-24-20(14-25-21)22(28)27-18-8-6-16(7-9-18)23(2,3)4/h6-15H,5H2,1-4H3,(H,25,26)(H,27,28). The van der Waals surface area contributed by atoms with Crippen LogP contribution in [0, 0.1) is 0 Å². The van der Waals surface area contributed by atoms with Gasteiger partial charge in [0.05, 0.1) is 19.0 Å². The Labute approximate surface area is 171 Å². The molecule has 0 spiro atoms. The highest BCUT2D eigenvalue weighted by Gasteiger charge is 2.14. The molecule has 0 saturated carbocycles. The Morgan fingerprint density at radius 3 is 2.14 bits per heavy atom. The van der Waals surface area contributed by atoms with Gasteiger partial charge in [-0.1, -0.05) is 32.9 Å². The number of benzene rings is 2. The third-order valence-electron chi connectivity index (χ3n) is 4.33. The first-order valence-electron chi connectivity index (χ1n) is 9.59. The summed E-state index contributed by atoms with van der Waals surface area (Å²) in [7, 11) is 0. The summed E-state index contributed by atoms with van der Waals surface area (Å²) in [6.07, 6.45) is 2.99. The molecule has 6 nitrogen and oxygen atoms in total. The Balaban J connectivity index is 1.61. The summed E-state index contributed by atoms with van der Waals surface area (Å²) in [5.41, 5.74) is 3.11. The van der Waals surface area contributed by atoms with E-state index >= 15 is 0 Å². The van der Waals surface area contributed by atoms with Crippen LogP contribution in [0.1, 0.15) is 43.7 Å². The summed E-state index contributed by atoms with van der Waals surface area (Å²) in [6.45, 7) is 9.03. The number of nitrogens with one attached hydrogen (secondary N) is 2. The van der Waals surface area contributed by atoms with Gasteiger partial charge in [0.25, 0.3) is 5.91 Å². The lowest BCUT2D eigenvalue weighted by molar-refractivity contribution is 0.102. The van der Waals surface area contributed by atoms with Crippen LogP contribution in [0.3, 0.4) is 0 Å². The zero-order chi connectivity index (χ0) is 20.9. The number of carbonyl (C=O) groups excluding carboxylic acids is 1. The SMILES string of the molecule is CCOc1ccc(Nc2cnc(C(=O)Nc3ccc(C(C)(C)C)cc3)cn2)cc1.